The van der Waals surface area contributed by atoms with Gasteiger partial charge < -0.3 is 9.30 Å². The lowest BCUT2D eigenvalue weighted by atomic mass is 10.00. The van der Waals surface area contributed by atoms with Crippen molar-refractivity contribution in [1.82, 2.24) is 13.9 Å². The maximum absolute atomic E-state index is 12.9. The van der Waals surface area contributed by atoms with Gasteiger partial charge in [-0.25, -0.2) is 17.7 Å². The number of imidazole rings is 1. The van der Waals surface area contributed by atoms with Crippen molar-refractivity contribution < 1.29 is 13.2 Å². The van der Waals surface area contributed by atoms with Crippen LogP contribution in [0.3, 0.4) is 0 Å². The molecule has 0 fully saturated rings. The van der Waals surface area contributed by atoms with E-state index in [9.17, 15) is 8.42 Å². The smallest absolute Gasteiger partial charge is 0.242 e. The average Bonchev–Trinajstić information content (AvgIpc) is 3.18. The Morgan fingerprint density at radius 2 is 2.24 bits per heavy atom. The maximum atomic E-state index is 12.9. The van der Waals surface area contributed by atoms with Crippen LogP contribution in [0.15, 0.2) is 35.5 Å². The van der Waals surface area contributed by atoms with Crippen molar-refractivity contribution in [1.29, 1.82) is 0 Å². The molecule has 134 valence electrons. The van der Waals surface area contributed by atoms with Crippen LogP contribution >= 0.6 is 0 Å². The highest BCUT2D eigenvalue weighted by molar-refractivity contribution is 7.89. The number of hydrogen-bond donors (Lipinski definition) is 0. The second-order valence-corrected chi connectivity index (χ2v) is 9.13. The average molecular weight is 361 g/mol. The van der Waals surface area contributed by atoms with Crippen LogP contribution in [0.5, 0.6) is 5.75 Å². The van der Waals surface area contributed by atoms with Crippen molar-refractivity contribution in [2.45, 2.75) is 43.7 Å². The van der Waals surface area contributed by atoms with E-state index in [-0.39, 0.29) is 6.10 Å². The minimum absolute atomic E-state index is 0.109. The number of nitrogens with zero attached hydrogens (tertiary/aromatic N) is 3. The van der Waals surface area contributed by atoms with Gasteiger partial charge in [0.2, 0.25) is 10.0 Å². The minimum atomic E-state index is -3.49. The molecule has 0 bridgehead atoms. The van der Waals surface area contributed by atoms with E-state index in [1.54, 1.807) is 25.2 Å². The van der Waals surface area contributed by atoms with E-state index in [1.807, 2.05) is 19.3 Å². The fraction of sp³-hybridized carbons (Fsp3) is 0.500. The van der Waals surface area contributed by atoms with Crippen molar-refractivity contribution in [3.05, 3.63) is 42.0 Å². The van der Waals surface area contributed by atoms with Crippen LogP contribution in [-0.4, -0.2) is 42.0 Å². The highest BCUT2D eigenvalue weighted by Crippen LogP contribution is 2.31. The molecular formula is C18H23N3O3S. The zero-order valence-corrected chi connectivity index (χ0v) is 15.4. The lowest BCUT2D eigenvalue weighted by molar-refractivity contribution is 0.254. The van der Waals surface area contributed by atoms with Crippen LogP contribution < -0.4 is 4.74 Å². The number of sulfonamides is 1. The third-order valence-corrected chi connectivity index (χ3v) is 6.94. The lowest BCUT2D eigenvalue weighted by Crippen LogP contribution is -2.35. The monoisotopic (exact) mass is 361 g/mol. The molecule has 4 rings (SSSR count). The summed E-state index contributed by atoms with van der Waals surface area (Å²) in [7, 11) is -1.82. The fourth-order valence-corrected chi connectivity index (χ4v) is 5.08. The van der Waals surface area contributed by atoms with Gasteiger partial charge in [-0.3, -0.25) is 0 Å². The van der Waals surface area contributed by atoms with Crippen molar-refractivity contribution in [2.24, 2.45) is 5.92 Å². The zero-order chi connectivity index (χ0) is 17.6. The molecule has 2 aliphatic heterocycles. The van der Waals surface area contributed by atoms with Crippen LogP contribution in [0.2, 0.25) is 0 Å². The van der Waals surface area contributed by atoms with E-state index in [2.05, 4.69) is 9.55 Å². The van der Waals surface area contributed by atoms with Gasteiger partial charge in [-0.05, 0) is 43.0 Å². The van der Waals surface area contributed by atoms with Crippen molar-refractivity contribution in [3.63, 3.8) is 0 Å². The quantitative estimate of drug-likeness (QED) is 0.836. The molecule has 0 aliphatic carbocycles. The maximum Gasteiger partial charge on any atom is 0.242 e. The van der Waals surface area contributed by atoms with Gasteiger partial charge in [0.15, 0.2) is 0 Å². The van der Waals surface area contributed by atoms with Crippen molar-refractivity contribution in [2.75, 3.05) is 13.6 Å². The normalized spacial score (nSPS) is 22.5. The third kappa shape index (κ3) is 3.06. The zero-order valence-electron chi connectivity index (χ0n) is 14.6. The Morgan fingerprint density at radius 1 is 1.40 bits per heavy atom. The second-order valence-electron chi connectivity index (χ2n) is 7.09. The SMILES string of the molecule is CC1Cc2cc(S(=O)(=O)N(C)CC3CCc4nccn4C3)ccc2O1. The van der Waals surface area contributed by atoms with Crippen LogP contribution in [0.4, 0.5) is 0 Å². The number of benzene rings is 1. The van der Waals surface area contributed by atoms with E-state index in [0.717, 1.165) is 42.9 Å². The van der Waals surface area contributed by atoms with E-state index >= 15 is 0 Å². The first-order valence-corrected chi connectivity index (χ1v) is 10.1. The molecular weight excluding hydrogens is 338 g/mol. The number of fused-ring (bicyclic) bond motifs is 2. The summed E-state index contributed by atoms with van der Waals surface area (Å²) in [6.45, 7) is 3.34. The predicted octanol–water partition coefficient (Wildman–Crippen LogP) is 2.09. The van der Waals surface area contributed by atoms with E-state index in [4.69, 9.17) is 4.74 Å². The second kappa shape index (κ2) is 6.14. The Labute approximate surface area is 148 Å². The minimum Gasteiger partial charge on any atom is -0.490 e. The Hall–Kier alpha value is -1.86. The molecule has 0 radical (unpaired) electrons. The van der Waals surface area contributed by atoms with Gasteiger partial charge in [-0.1, -0.05) is 0 Å². The highest BCUT2D eigenvalue weighted by atomic mass is 32.2. The number of hydrogen-bond acceptors (Lipinski definition) is 4. The molecule has 0 saturated heterocycles. The molecule has 2 unspecified atom stereocenters. The lowest BCUT2D eigenvalue weighted by Gasteiger charge is -2.27. The molecule has 1 aromatic carbocycles. The number of ether oxygens (including phenoxy) is 1. The molecule has 0 spiro atoms. The fourth-order valence-electron chi connectivity index (χ4n) is 3.79. The van der Waals surface area contributed by atoms with Crippen LogP contribution in [0.1, 0.15) is 24.7 Å². The molecule has 6 nitrogen and oxygen atoms in total. The Kier molecular flexibility index (Phi) is 4.08. The van der Waals surface area contributed by atoms with Crippen LogP contribution in [-0.2, 0) is 29.4 Å². The van der Waals surface area contributed by atoms with E-state index in [0.29, 0.717) is 17.4 Å². The standard InChI is InChI=1S/C18H23N3O3S/c1-13-9-15-10-16(4-5-17(15)24-13)25(22,23)20(2)11-14-3-6-18-19-7-8-21(18)12-14/h4-5,7-8,10,13-14H,3,6,9,11-12H2,1-2H3. The summed E-state index contributed by atoms with van der Waals surface area (Å²) in [5.41, 5.74) is 0.975. The summed E-state index contributed by atoms with van der Waals surface area (Å²) in [5.74, 6) is 2.20. The largest absolute Gasteiger partial charge is 0.490 e. The van der Waals surface area contributed by atoms with E-state index in [1.165, 1.54) is 4.31 Å². The summed E-state index contributed by atoms with van der Waals surface area (Å²) in [4.78, 5) is 4.68. The molecule has 0 amide bonds. The van der Waals surface area contributed by atoms with Gasteiger partial charge in [0.05, 0.1) is 4.90 Å². The topological polar surface area (TPSA) is 64.4 Å². The summed E-state index contributed by atoms with van der Waals surface area (Å²) < 4.78 is 35.2. The summed E-state index contributed by atoms with van der Waals surface area (Å²) in [6.07, 6.45) is 6.52. The van der Waals surface area contributed by atoms with Crippen LogP contribution in [0.25, 0.3) is 0 Å². The molecule has 25 heavy (non-hydrogen) atoms. The van der Waals surface area contributed by atoms with Crippen LogP contribution in [0, 0.1) is 5.92 Å². The van der Waals surface area contributed by atoms with Gasteiger partial charge in [0, 0.05) is 45.4 Å². The summed E-state index contributed by atoms with van der Waals surface area (Å²) in [5, 5.41) is 0. The van der Waals surface area contributed by atoms with Crippen molar-refractivity contribution >= 4 is 10.0 Å². The van der Waals surface area contributed by atoms with E-state index < -0.39 is 10.0 Å². The molecule has 2 atom stereocenters. The van der Waals surface area contributed by atoms with Gasteiger partial charge in [-0.15, -0.1) is 0 Å². The highest BCUT2D eigenvalue weighted by Gasteiger charge is 2.28. The third-order valence-electron chi connectivity index (χ3n) is 5.12. The first-order valence-electron chi connectivity index (χ1n) is 8.69. The Morgan fingerprint density at radius 3 is 3.08 bits per heavy atom. The number of rotatable bonds is 4. The molecule has 2 aromatic rings. The number of aryl methyl sites for hydroxylation is 1. The van der Waals surface area contributed by atoms with Gasteiger partial charge in [0.25, 0.3) is 0 Å². The first kappa shape index (κ1) is 16.6. The molecule has 0 N–H and O–H groups in total. The molecule has 2 aliphatic rings. The molecule has 3 heterocycles. The van der Waals surface area contributed by atoms with Crippen molar-refractivity contribution in [3.8, 4) is 5.75 Å². The molecule has 1 aromatic heterocycles. The van der Waals surface area contributed by atoms with Gasteiger partial charge in [-0.2, -0.15) is 0 Å². The summed E-state index contributed by atoms with van der Waals surface area (Å²) in [6, 6.07) is 5.19. The Bertz CT molecular complexity index is 891. The molecule has 0 saturated carbocycles. The summed E-state index contributed by atoms with van der Waals surface area (Å²) >= 11 is 0. The molecule has 7 heteroatoms. The first-order chi connectivity index (χ1) is 11.9. The van der Waals surface area contributed by atoms with Gasteiger partial charge >= 0.3 is 0 Å². The number of aromatic nitrogens is 2. The van der Waals surface area contributed by atoms with Gasteiger partial charge in [0.1, 0.15) is 17.7 Å². The predicted molar refractivity (Wildman–Crippen MR) is 94.1 cm³/mol. The Balaban J connectivity index is 1.50.